The zero-order valence-corrected chi connectivity index (χ0v) is 10.5. The predicted molar refractivity (Wildman–Crippen MR) is 65.9 cm³/mol. The van der Waals surface area contributed by atoms with Crippen molar-refractivity contribution in [2.75, 3.05) is 20.1 Å². The second-order valence-electron chi connectivity index (χ2n) is 5.44. The largest absolute Gasteiger partial charge is 0.368 e. The minimum absolute atomic E-state index is 0.415. The molecule has 94 valence electrons. The van der Waals surface area contributed by atoms with E-state index in [1.807, 2.05) is 0 Å². The van der Waals surface area contributed by atoms with Crippen molar-refractivity contribution in [3.63, 3.8) is 0 Å². The number of hydrogen-bond donors (Lipinski definition) is 2. The Hall–Kier alpha value is -0.610. The quantitative estimate of drug-likeness (QED) is 0.701. The third-order valence-corrected chi connectivity index (χ3v) is 3.62. The Balaban J connectivity index is 2.23. The Labute approximate surface area is 98.3 Å². The Morgan fingerprint density at radius 3 is 2.50 bits per heavy atom. The molecule has 1 rings (SSSR count). The summed E-state index contributed by atoms with van der Waals surface area (Å²) in [5.74, 6) is 0.421. The van der Waals surface area contributed by atoms with E-state index in [2.05, 4.69) is 11.9 Å². The number of nitrogens with zero attached hydrogens (tertiary/aromatic N) is 1. The van der Waals surface area contributed by atoms with Crippen LogP contribution in [0.4, 0.5) is 0 Å². The number of carbonyl (C=O) groups is 1. The molecule has 0 radical (unpaired) electrons. The highest BCUT2D eigenvalue weighted by Gasteiger charge is 2.26. The van der Waals surface area contributed by atoms with E-state index < -0.39 is 11.4 Å². The summed E-state index contributed by atoms with van der Waals surface area (Å²) in [5.41, 5.74) is 10.2. The first-order valence-electron chi connectivity index (χ1n) is 6.19. The summed E-state index contributed by atoms with van der Waals surface area (Å²) in [6.07, 6.45) is 6.06. The van der Waals surface area contributed by atoms with Crippen LogP contribution < -0.4 is 11.5 Å². The van der Waals surface area contributed by atoms with Gasteiger partial charge in [0.2, 0.25) is 5.91 Å². The molecule has 1 aliphatic carbocycles. The summed E-state index contributed by atoms with van der Waals surface area (Å²) in [6.45, 7) is 3.67. The van der Waals surface area contributed by atoms with Gasteiger partial charge in [0.1, 0.15) is 0 Å². The van der Waals surface area contributed by atoms with Crippen LogP contribution in [0.5, 0.6) is 0 Å². The van der Waals surface area contributed by atoms with Crippen LogP contribution in [0.1, 0.15) is 39.0 Å². The summed E-state index contributed by atoms with van der Waals surface area (Å²) < 4.78 is 0. The van der Waals surface area contributed by atoms with Crippen molar-refractivity contribution in [1.82, 2.24) is 4.90 Å². The molecule has 0 saturated heterocycles. The van der Waals surface area contributed by atoms with Gasteiger partial charge in [-0.05, 0) is 39.2 Å². The van der Waals surface area contributed by atoms with Gasteiger partial charge in [0.25, 0.3) is 0 Å². The molecule has 1 fully saturated rings. The molecule has 16 heavy (non-hydrogen) atoms. The highest BCUT2D eigenvalue weighted by atomic mass is 16.1. The monoisotopic (exact) mass is 227 g/mol. The lowest BCUT2D eigenvalue weighted by atomic mass is 9.98. The SMILES string of the molecule is CN(CCC(C)(N)C(N)=O)CC1CCCC1. The Morgan fingerprint density at radius 1 is 1.44 bits per heavy atom. The van der Waals surface area contributed by atoms with Gasteiger partial charge in [-0.2, -0.15) is 0 Å². The topological polar surface area (TPSA) is 72.3 Å². The van der Waals surface area contributed by atoms with Crippen LogP contribution in [-0.2, 0) is 4.79 Å². The molecule has 4 heteroatoms. The van der Waals surface area contributed by atoms with Crippen LogP contribution in [0.25, 0.3) is 0 Å². The Morgan fingerprint density at radius 2 is 2.00 bits per heavy atom. The fourth-order valence-electron chi connectivity index (χ4n) is 2.27. The number of rotatable bonds is 6. The van der Waals surface area contributed by atoms with Crippen molar-refractivity contribution >= 4 is 5.91 Å². The Kier molecular flexibility index (Phi) is 4.74. The van der Waals surface area contributed by atoms with Crippen molar-refractivity contribution in [3.05, 3.63) is 0 Å². The summed E-state index contributed by atoms with van der Waals surface area (Å²) in [7, 11) is 2.09. The maximum Gasteiger partial charge on any atom is 0.237 e. The molecule has 1 atom stereocenters. The van der Waals surface area contributed by atoms with Gasteiger partial charge in [-0.25, -0.2) is 0 Å². The number of amides is 1. The summed E-state index contributed by atoms with van der Waals surface area (Å²) >= 11 is 0. The first-order chi connectivity index (χ1) is 7.42. The number of nitrogens with two attached hydrogens (primary N) is 2. The maximum absolute atomic E-state index is 11.1. The molecule has 0 bridgehead atoms. The van der Waals surface area contributed by atoms with Crippen molar-refractivity contribution < 1.29 is 4.79 Å². The average molecular weight is 227 g/mol. The van der Waals surface area contributed by atoms with E-state index >= 15 is 0 Å². The van der Waals surface area contributed by atoms with Gasteiger partial charge in [0.15, 0.2) is 0 Å². The van der Waals surface area contributed by atoms with E-state index in [1.165, 1.54) is 25.7 Å². The third kappa shape index (κ3) is 4.10. The lowest BCUT2D eigenvalue weighted by Crippen LogP contribution is -2.51. The number of carbonyl (C=O) groups excluding carboxylic acids is 1. The van der Waals surface area contributed by atoms with Crippen molar-refractivity contribution in [1.29, 1.82) is 0 Å². The molecule has 0 aromatic rings. The standard InChI is InChI=1S/C12H25N3O/c1-12(14,11(13)16)7-8-15(2)9-10-5-3-4-6-10/h10H,3-9,14H2,1-2H3,(H2,13,16). The predicted octanol–water partition coefficient (Wildman–Crippen LogP) is 0.701. The molecule has 4 N–H and O–H groups in total. The van der Waals surface area contributed by atoms with Crippen LogP contribution >= 0.6 is 0 Å². The molecule has 0 aromatic heterocycles. The smallest absolute Gasteiger partial charge is 0.237 e. The summed E-state index contributed by atoms with van der Waals surface area (Å²) in [6, 6.07) is 0. The second kappa shape index (κ2) is 5.64. The van der Waals surface area contributed by atoms with Gasteiger partial charge in [-0.1, -0.05) is 12.8 Å². The minimum Gasteiger partial charge on any atom is -0.368 e. The summed E-state index contributed by atoms with van der Waals surface area (Å²) in [5, 5.41) is 0. The highest BCUT2D eigenvalue weighted by molar-refractivity contribution is 5.83. The van der Waals surface area contributed by atoms with Gasteiger partial charge in [0.05, 0.1) is 5.54 Å². The third-order valence-electron chi connectivity index (χ3n) is 3.62. The summed E-state index contributed by atoms with van der Waals surface area (Å²) in [4.78, 5) is 13.3. The molecule has 1 amide bonds. The van der Waals surface area contributed by atoms with Crippen LogP contribution in [-0.4, -0.2) is 36.5 Å². The molecule has 0 spiro atoms. The molecule has 4 nitrogen and oxygen atoms in total. The van der Waals surface area contributed by atoms with E-state index in [-0.39, 0.29) is 0 Å². The van der Waals surface area contributed by atoms with E-state index in [0.29, 0.717) is 6.42 Å². The maximum atomic E-state index is 11.1. The van der Waals surface area contributed by atoms with Crippen LogP contribution in [0.15, 0.2) is 0 Å². The van der Waals surface area contributed by atoms with E-state index in [9.17, 15) is 4.79 Å². The molecule has 1 unspecified atom stereocenters. The Bertz CT molecular complexity index is 234. The van der Waals surface area contributed by atoms with Crippen LogP contribution in [0.2, 0.25) is 0 Å². The van der Waals surface area contributed by atoms with E-state index in [1.54, 1.807) is 6.92 Å². The van der Waals surface area contributed by atoms with Gasteiger partial charge in [0, 0.05) is 13.1 Å². The zero-order chi connectivity index (χ0) is 12.2. The van der Waals surface area contributed by atoms with Gasteiger partial charge < -0.3 is 16.4 Å². The molecular formula is C12H25N3O. The fraction of sp³-hybridized carbons (Fsp3) is 0.917. The molecule has 1 aliphatic rings. The minimum atomic E-state index is -0.871. The fourth-order valence-corrected chi connectivity index (χ4v) is 2.27. The first kappa shape index (κ1) is 13.5. The van der Waals surface area contributed by atoms with Crippen LogP contribution in [0.3, 0.4) is 0 Å². The first-order valence-corrected chi connectivity index (χ1v) is 6.19. The lowest BCUT2D eigenvalue weighted by molar-refractivity contribution is -0.122. The molecule has 0 aliphatic heterocycles. The molecule has 1 saturated carbocycles. The van der Waals surface area contributed by atoms with Crippen LogP contribution in [0, 0.1) is 5.92 Å². The van der Waals surface area contributed by atoms with Crippen molar-refractivity contribution in [2.45, 2.75) is 44.6 Å². The highest BCUT2D eigenvalue weighted by Crippen LogP contribution is 2.25. The van der Waals surface area contributed by atoms with Gasteiger partial charge >= 0.3 is 0 Å². The zero-order valence-electron chi connectivity index (χ0n) is 10.5. The van der Waals surface area contributed by atoms with Gasteiger partial charge in [-0.15, -0.1) is 0 Å². The lowest BCUT2D eigenvalue weighted by Gasteiger charge is -2.26. The average Bonchev–Trinajstić information content (AvgIpc) is 2.67. The van der Waals surface area contributed by atoms with E-state index in [4.69, 9.17) is 11.5 Å². The van der Waals surface area contributed by atoms with Crippen molar-refractivity contribution in [2.24, 2.45) is 17.4 Å². The number of hydrogen-bond acceptors (Lipinski definition) is 3. The van der Waals surface area contributed by atoms with E-state index in [0.717, 1.165) is 19.0 Å². The van der Waals surface area contributed by atoms with Gasteiger partial charge in [-0.3, -0.25) is 4.79 Å². The molecule has 0 aromatic carbocycles. The molecular weight excluding hydrogens is 202 g/mol. The molecule has 0 heterocycles. The van der Waals surface area contributed by atoms with Crippen molar-refractivity contribution in [3.8, 4) is 0 Å². The normalized spacial score (nSPS) is 21.2. The second-order valence-corrected chi connectivity index (χ2v) is 5.44. The number of primary amides is 1.